The van der Waals surface area contributed by atoms with Crippen LogP contribution in [-0.2, 0) is 6.18 Å². The van der Waals surface area contributed by atoms with E-state index >= 15 is 0 Å². The lowest BCUT2D eigenvalue weighted by molar-refractivity contribution is -0.137. The first-order valence-corrected chi connectivity index (χ1v) is 6.61. The summed E-state index contributed by atoms with van der Waals surface area (Å²) in [5.74, 6) is 0. The van der Waals surface area contributed by atoms with Crippen LogP contribution in [0.1, 0.15) is 11.1 Å². The molecule has 21 heavy (non-hydrogen) atoms. The van der Waals surface area contributed by atoms with Crippen LogP contribution in [-0.4, -0.2) is 0 Å². The molecule has 0 aliphatic rings. The first kappa shape index (κ1) is 13.7. The molecule has 0 unspecified atom stereocenters. The third kappa shape index (κ3) is 2.77. The van der Waals surface area contributed by atoms with E-state index in [1.807, 2.05) is 37.3 Å². The molecule has 0 atom stereocenters. The van der Waals surface area contributed by atoms with Gasteiger partial charge >= 0.3 is 6.18 Å². The first-order valence-electron chi connectivity index (χ1n) is 6.61. The average molecular weight is 286 g/mol. The number of hydrogen-bond donors (Lipinski definition) is 0. The molecule has 106 valence electrons. The summed E-state index contributed by atoms with van der Waals surface area (Å²) < 4.78 is 37.7. The molecule has 0 aromatic heterocycles. The molecule has 0 fully saturated rings. The van der Waals surface area contributed by atoms with E-state index in [0.717, 1.165) is 39.6 Å². The van der Waals surface area contributed by atoms with E-state index in [-0.39, 0.29) is 0 Å². The highest BCUT2D eigenvalue weighted by Gasteiger charge is 2.29. The van der Waals surface area contributed by atoms with Gasteiger partial charge in [-0.3, -0.25) is 0 Å². The first-order chi connectivity index (χ1) is 9.93. The van der Waals surface area contributed by atoms with E-state index in [1.54, 1.807) is 0 Å². The van der Waals surface area contributed by atoms with Crippen LogP contribution >= 0.6 is 0 Å². The van der Waals surface area contributed by atoms with Crippen LogP contribution in [0.4, 0.5) is 13.2 Å². The Morgan fingerprint density at radius 1 is 0.667 bits per heavy atom. The zero-order chi connectivity index (χ0) is 15.0. The van der Waals surface area contributed by atoms with Gasteiger partial charge in [-0.1, -0.05) is 48.0 Å². The van der Waals surface area contributed by atoms with Crippen molar-refractivity contribution in [2.24, 2.45) is 0 Å². The molecule has 3 rings (SSSR count). The van der Waals surface area contributed by atoms with Crippen LogP contribution < -0.4 is 0 Å². The number of fused-ring (bicyclic) bond motifs is 1. The molecule has 3 aromatic rings. The Balaban J connectivity index is 2.04. The average Bonchev–Trinajstić information content (AvgIpc) is 2.45. The summed E-state index contributed by atoms with van der Waals surface area (Å²) in [4.78, 5) is 0. The molecule has 0 spiro atoms. The van der Waals surface area contributed by atoms with Gasteiger partial charge in [-0.2, -0.15) is 13.2 Å². The van der Waals surface area contributed by atoms with Crippen molar-refractivity contribution < 1.29 is 13.2 Å². The van der Waals surface area contributed by atoms with Crippen molar-refractivity contribution in [2.75, 3.05) is 0 Å². The Morgan fingerprint density at radius 3 is 1.95 bits per heavy atom. The molecular weight excluding hydrogens is 273 g/mol. The van der Waals surface area contributed by atoms with E-state index in [2.05, 4.69) is 6.07 Å². The topological polar surface area (TPSA) is 0 Å². The Labute approximate surface area is 120 Å². The predicted octanol–water partition coefficient (Wildman–Crippen LogP) is 5.83. The largest absolute Gasteiger partial charge is 0.416 e. The van der Waals surface area contributed by atoms with Gasteiger partial charge in [-0.15, -0.1) is 0 Å². The molecule has 0 aliphatic heterocycles. The molecule has 0 amide bonds. The Hall–Kier alpha value is -2.29. The molecule has 3 aromatic carbocycles. The monoisotopic (exact) mass is 286 g/mol. The number of rotatable bonds is 1. The zero-order valence-electron chi connectivity index (χ0n) is 11.4. The molecule has 0 saturated carbocycles. The van der Waals surface area contributed by atoms with Crippen LogP contribution in [0.3, 0.4) is 0 Å². The summed E-state index contributed by atoms with van der Waals surface area (Å²) in [6.07, 6.45) is -4.29. The lowest BCUT2D eigenvalue weighted by atomic mass is 9.99. The van der Waals surface area contributed by atoms with Crippen molar-refractivity contribution >= 4 is 10.8 Å². The maximum absolute atomic E-state index is 12.6. The summed E-state index contributed by atoms with van der Waals surface area (Å²) >= 11 is 0. The minimum Gasteiger partial charge on any atom is -0.166 e. The highest BCUT2D eigenvalue weighted by Crippen LogP contribution is 2.31. The van der Waals surface area contributed by atoms with Gasteiger partial charge in [0.05, 0.1) is 5.56 Å². The molecule has 0 N–H and O–H groups in total. The maximum atomic E-state index is 12.6. The van der Waals surface area contributed by atoms with E-state index < -0.39 is 11.7 Å². The second-order valence-corrected chi connectivity index (χ2v) is 5.14. The summed E-state index contributed by atoms with van der Waals surface area (Å²) in [5.41, 5.74) is 2.24. The second kappa shape index (κ2) is 4.92. The third-order valence-corrected chi connectivity index (χ3v) is 3.54. The van der Waals surface area contributed by atoms with Crippen molar-refractivity contribution in [1.29, 1.82) is 0 Å². The molecule has 0 heterocycles. The molecule has 3 heteroatoms. The standard InChI is InChI=1S/C18H13F3/c1-12-2-3-14-4-5-15(11-16(14)10-12)13-6-8-17(9-7-13)18(19,20)21/h2-11H,1H3. The zero-order valence-corrected chi connectivity index (χ0v) is 11.4. The normalized spacial score (nSPS) is 11.8. The maximum Gasteiger partial charge on any atom is 0.416 e. The highest BCUT2D eigenvalue weighted by molar-refractivity contribution is 5.87. The van der Waals surface area contributed by atoms with Crippen molar-refractivity contribution in [1.82, 2.24) is 0 Å². The number of aryl methyl sites for hydroxylation is 1. The lowest BCUT2D eigenvalue weighted by Crippen LogP contribution is -2.03. The Bertz CT molecular complexity index is 784. The highest BCUT2D eigenvalue weighted by atomic mass is 19.4. The van der Waals surface area contributed by atoms with Crippen LogP contribution in [0, 0.1) is 6.92 Å². The van der Waals surface area contributed by atoms with Gasteiger partial charge in [-0.25, -0.2) is 0 Å². The van der Waals surface area contributed by atoms with Gasteiger partial charge in [0.25, 0.3) is 0 Å². The molecule has 0 saturated heterocycles. The number of halogens is 3. The van der Waals surface area contributed by atoms with Crippen molar-refractivity contribution in [3.05, 3.63) is 71.8 Å². The summed E-state index contributed by atoms with van der Waals surface area (Å²) in [6.45, 7) is 2.02. The molecule has 0 bridgehead atoms. The Kier molecular flexibility index (Phi) is 3.20. The minimum atomic E-state index is -4.29. The van der Waals surface area contributed by atoms with E-state index in [4.69, 9.17) is 0 Å². The molecular formula is C18H13F3. The smallest absolute Gasteiger partial charge is 0.166 e. The second-order valence-electron chi connectivity index (χ2n) is 5.14. The fourth-order valence-corrected chi connectivity index (χ4v) is 2.40. The lowest BCUT2D eigenvalue weighted by Gasteiger charge is -2.08. The van der Waals surface area contributed by atoms with Crippen LogP contribution in [0.25, 0.3) is 21.9 Å². The third-order valence-electron chi connectivity index (χ3n) is 3.54. The van der Waals surface area contributed by atoms with Gasteiger partial charge in [0.15, 0.2) is 0 Å². The van der Waals surface area contributed by atoms with Gasteiger partial charge in [0, 0.05) is 0 Å². The van der Waals surface area contributed by atoms with Gasteiger partial charge in [-0.05, 0) is 47.0 Å². The molecule has 0 nitrogen and oxygen atoms in total. The summed E-state index contributed by atoms with van der Waals surface area (Å²) in [7, 11) is 0. The van der Waals surface area contributed by atoms with Crippen LogP contribution in [0.5, 0.6) is 0 Å². The summed E-state index contributed by atoms with van der Waals surface area (Å²) in [5, 5.41) is 2.21. The van der Waals surface area contributed by atoms with Gasteiger partial charge in [0.2, 0.25) is 0 Å². The predicted molar refractivity (Wildman–Crippen MR) is 79.1 cm³/mol. The minimum absolute atomic E-state index is 0.622. The fraction of sp³-hybridized carbons (Fsp3) is 0.111. The molecule has 0 aliphatic carbocycles. The van der Waals surface area contributed by atoms with E-state index in [9.17, 15) is 13.2 Å². The Morgan fingerprint density at radius 2 is 1.29 bits per heavy atom. The summed E-state index contributed by atoms with van der Waals surface area (Å²) in [6, 6.07) is 17.3. The van der Waals surface area contributed by atoms with Crippen molar-refractivity contribution in [3.8, 4) is 11.1 Å². The van der Waals surface area contributed by atoms with Crippen LogP contribution in [0.2, 0.25) is 0 Å². The number of benzene rings is 3. The number of hydrogen-bond acceptors (Lipinski definition) is 0. The van der Waals surface area contributed by atoms with Gasteiger partial charge in [0.1, 0.15) is 0 Å². The molecule has 0 radical (unpaired) electrons. The van der Waals surface area contributed by atoms with E-state index in [0.29, 0.717) is 0 Å². The van der Waals surface area contributed by atoms with E-state index in [1.165, 1.54) is 12.1 Å². The number of alkyl halides is 3. The van der Waals surface area contributed by atoms with Crippen molar-refractivity contribution in [3.63, 3.8) is 0 Å². The SMILES string of the molecule is Cc1ccc2ccc(-c3ccc(C(F)(F)F)cc3)cc2c1. The van der Waals surface area contributed by atoms with Crippen molar-refractivity contribution in [2.45, 2.75) is 13.1 Å². The quantitative estimate of drug-likeness (QED) is 0.527. The fourth-order valence-electron chi connectivity index (χ4n) is 2.40. The van der Waals surface area contributed by atoms with Gasteiger partial charge < -0.3 is 0 Å². The van der Waals surface area contributed by atoms with Crippen LogP contribution in [0.15, 0.2) is 60.7 Å².